The standard InChI is InChI=1S/C16H12ClNO5/c1-16-5-4-10(23-16)11-12(16)14(20)18(13(11)19)7-2-3-9(17)8(6-7)15(21)22/h2-6,10-12H,1H3,(H,21,22). The van der Waals surface area contributed by atoms with Crippen LogP contribution in [0.4, 0.5) is 5.69 Å². The number of hydrogen-bond acceptors (Lipinski definition) is 4. The van der Waals surface area contributed by atoms with Crippen LogP contribution in [0.3, 0.4) is 0 Å². The fourth-order valence-corrected chi connectivity index (χ4v) is 3.92. The van der Waals surface area contributed by atoms with Crippen LogP contribution in [0.15, 0.2) is 30.4 Å². The summed E-state index contributed by atoms with van der Waals surface area (Å²) in [6.07, 6.45) is 3.22. The number of benzene rings is 1. The molecule has 3 aliphatic rings. The highest BCUT2D eigenvalue weighted by molar-refractivity contribution is 6.34. The monoisotopic (exact) mass is 333 g/mol. The minimum absolute atomic E-state index is 0.0533. The smallest absolute Gasteiger partial charge is 0.337 e. The molecule has 2 saturated heterocycles. The summed E-state index contributed by atoms with van der Waals surface area (Å²) in [6, 6.07) is 4.10. The van der Waals surface area contributed by atoms with E-state index in [1.807, 2.05) is 6.08 Å². The summed E-state index contributed by atoms with van der Waals surface area (Å²) in [7, 11) is 0. The number of rotatable bonds is 2. The lowest BCUT2D eigenvalue weighted by Crippen LogP contribution is -2.38. The van der Waals surface area contributed by atoms with Crippen LogP contribution in [-0.4, -0.2) is 34.6 Å². The number of aromatic carboxylic acids is 1. The minimum Gasteiger partial charge on any atom is -0.478 e. The first-order valence-electron chi connectivity index (χ1n) is 7.11. The Bertz CT molecular complexity index is 804. The first kappa shape index (κ1) is 14.4. The molecule has 23 heavy (non-hydrogen) atoms. The second-order valence-corrected chi connectivity index (χ2v) is 6.52. The number of nitrogens with zero attached hydrogens (tertiary/aromatic N) is 1. The molecule has 4 unspecified atom stereocenters. The zero-order chi connectivity index (χ0) is 16.5. The lowest BCUT2D eigenvalue weighted by Gasteiger charge is -2.24. The van der Waals surface area contributed by atoms with Crippen LogP contribution < -0.4 is 4.90 Å². The Hall–Kier alpha value is -2.18. The lowest BCUT2D eigenvalue weighted by molar-refractivity contribution is -0.126. The number of carboxylic acid groups (broad SMARTS) is 1. The van der Waals surface area contributed by atoms with Gasteiger partial charge >= 0.3 is 5.97 Å². The number of halogens is 1. The first-order valence-corrected chi connectivity index (χ1v) is 7.49. The van der Waals surface area contributed by atoms with Gasteiger partial charge in [-0.2, -0.15) is 0 Å². The predicted molar refractivity (Wildman–Crippen MR) is 80.3 cm³/mol. The summed E-state index contributed by atoms with van der Waals surface area (Å²) in [5, 5.41) is 9.21. The Labute approximate surface area is 136 Å². The molecule has 0 saturated carbocycles. The highest BCUT2D eigenvalue weighted by Crippen LogP contribution is 2.52. The maximum atomic E-state index is 12.8. The molecule has 1 aromatic rings. The van der Waals surface area contributed by atoms with E-state index < -0.39 is 29.5 Å². The van der Waals surface area contributed by atoms with Crippen LogP contribution in [0.1, 0.15) is 17.3 Å². The molecule has 0 radical (unpaired) electrons. The van der Waals surface area contributed by atoms with Gasteiger partial charge in [-0.3, -0.25) is 9.59 Å². The average molecular weight is 334 g/mol. The van der Waals surface area contributed by atoms with Gasteiger partial charge in [0.15, 0.2) is 0 Å². The van der Waals surface area contributed by atoms with E-state index >= 15 is 0 Å². The van der Waals surface area contributed by atoms with Crippen LogP contribution in [0.5, 0.6) is 0 Å². The number of fused-ring (bicyclic) bond motifs is 5. The molecule has 6 nitrogen and oxygen atoms in total. The van der Waals surface area contributed by atoms with Crippen molar-refractivity contribution in [1.29, 1.82) is 0 Å². The molecule has 0 aromatic heterocycles. The SMILES string of the molecule is CC12C=CC(O1)C1C(=O)N(c3ccc(Cl)c(C(=O)O)c3)C(=O)C12. The molecule has 0 aliphatic carbocycles. The van der Waals surface area contributed by atoms with Gasteiger partial charge in [-0.05, 0) is 25.1 Å². The average Bonchev–Trinajstić information content (AvgIpc) is 3.09. The van der Waals surface area contributed by atoms with Crippen molar-refractivity contribution in [3.8, 4) is 0 Å². The summed E-state index contributed by atoms with van der Waals surface area (Å²) >= 11 is 5.85. The van der Waals surface area contributed by atoms with Crippen LogP contribution >= 0.6 is 11.6 Å². The van der Waals surface area contributed by atoms with Gasteiger partial charge in [0.1, 0.15) is 0 Å². The lowest BCUT2D eigenvalue weighted by atomic mass is 9.78. The van der Waals surface area contributed by atoms with Crippen molar-refractivity contribution in [3.63, 3.8) is 0 Å². The summed E-state index contributed by atoms with van der Waals surface area (Å²) in [5.74, 6) is -3.08. The number of imide groups is 1. The van der Waals surface area contributed by atoms with Crippen molar-refractivity contribution in [2.45, 2.75) is 18.6 Å². The summed E-state index contributed by atoms with van der Waals surface area (Å²) in [4.78, 5) is 37.7. The van der Waals surface area contributed by atoms with E-state index in [0.717, 1.165) is 4.90 Å². The Morgan fingerprint density at radius 2 is 2.09 bits per heavy atom. The molecule has 2 fully saturated rings. The Balaban J connectivity index is 1.78. The van der Waals surface area contributed by atoms with Crippen LogP contribution in [-0.2, 0) is 14.3 Å². The maximum absolute atomic E-state index is 12.8. The number of carbonyl (C=O) groups excluding carboxylic acids is 2. The van der Waals surface area contributed by atoms with Crippen molar-refractivity contribution in [3.05, 3.63) is 40.9 Å². The quantitative estimate of drug-likeness (QED) is 0.660. The normalized spacial score (nSPS) is 34.3. The van der Waals surface area contributed by atoms with Gasteiger partial charge in [-0.25, -0.2) is 9.69 Å². The number of anilines is 1. The Morgan fingerprint density at radius 3 is 2.74 bits per heavy atom. The Morgan fingerprint density at radius 1 is 1.35 bits per heavy atom. The minimum atomic E-state index is -1.21. The Kier molecular flexibility index (Phi) is 2.77. The maximum Gasteiger partial charge on any atom is 0.337 e. The molecule has 7 heteroatoms. The largest absolute Gasteiger partial charge is 0.478 e. The third-order valence-corrected chi connectivity index (χ3v) is 5.10. The van der Waals surface area contributed by atoms with Gasteiger partial charge in [0.25, 0.3) is 0 Å². The fourth-order valence-electron chi connectivity index (χ4n) is 3.72. The third-order valence-electron chi connectivity index (χ3n) is 4.77. The second-order valence-electron chi connectivity index (χ2n) is 6.11. The van der Waals surface area contributed by atoms with Crippen LogP contribution in [0.2, 0.25) is 5.02 Å². The molecule has 3 aliphatic heterocycles. The zero-order valence-electron chi connectivity index (χ0n) is 12.0. The van der Waals surface area contributed by atoms with Gasteiger partial charge in [0, 0.05) is 0 Å². The second kappa shape index (κ2) is 4.43. The summed E-state index contributed by atoms with van der Waals surface area (Å²) in [5.41, 5.74) is -0.705. The number of carboxylic acids is 1. The van der Waals surface area contributed by atoms with E-state index in [4.69, 9.17) is 21.4 Å². The number of amides is 2. The van der Waals surface area contributed by atoms with Crippen molar-refractivity contribution in [2.75, 3.05) is 4.90 Å². The van der Waals surface area contributed by atoms with Crippen molar-refractivity contribution in [1.82, 2.24) is 0 Å². The van der Waals surface area contributed by atoms with E-state index in [2.05, 4.69) is 0 Å². The number of ether oxygens (including phenoxy) is 1. The molecule has 4 atom stereocenters. The van der Waals surface area contributed by atoms with Gasteiger partial charge in [0.05, 0.1) is 39.8 Å². The molecule has 4 rings (SSSR count). The van der Waals surface area contributed by atoms with E-state index in [1.165, 1.54) is 18.2 Å². The molecule has 1 N–H and O–H groups in total. The van der Waals surface area contributed by atoms with Gasteiger partial charge in [-0.1, -0.05) is 23.8 Å². The molecule has 1 aromatic carbocycles. The number of carbonyl (C=O) groups is 3. The summed E-state index contributed by atoms with van der Waals surface area (Å²) in [6.45, 7) is 1.79. The van der Waals surface area contributed by atoms with Crippen molar-refractivity contribution in [2.24, 2.45) is 11.8 Å². The molecule has 2 amide bonds. The first-order chi connectivity index (χ1) is 10.8. The molecule has 2 bridgehead atoms. The van der Waals surface area contributed by atoms with E-state index in [1.54, 1.807) is 13.0 Å². The zero-order valence-corrected chi connectivity index (χ0v) is 12.8. The number of hydrogen-bond donors (Lipinski definition) is 1. The van der Waals surface area contributed by atoms with Crippen LogP contribution in [0, 0.1) is 11.8 Å². The molecular formula is C16H12ClNO5. The molecule has 118 valence electrons. The van der Waals surface area contributed by atoms with Crippen molar-refractivity contribution < 1.29 is 24.2 Å². The summed E-state index contributed by atoms with van der Waals surface area (Å²) < 4.78 is 5.74. The highest BCUT2D eigenvalue weighted by Gasteiger charge is 2.66. The predicted octanol–water partition coefficient (Wildman–Crippen LogP) is 1.87. The van der Waals surface area contributed by atoms with Gasteiger partial charge in [-0.15, -0.1) is 0 Å². The third kappa shape index (κ3) is 1.76. The van der Waals surface area contributed by atoms with E-state index in [-0.39, 0.29) is 28.1 Å². The van der Waals surface area contributed by atoms with Crippen molar-refractivity contribution >= 4 is 35.1 Å². The fraction of sp³-hybridized carbons (Fsp3) is 0.312. The highest BCUT2D eigenvalue weighted by atomic mass is 35.5. The molecular weight excluding hydrogens is 322 g/mol. The molecule has 0 spiro atoms. The van der Waals surface area contributed by atoms with Crippen LogP contribution in [0.25, 0.3) is 0 Å². The van der Waals surface area contributed by atoms with Gasteiger partial charge in [0.2, 0.25) is 11.8 Å². The molecule has 3 heterocycles. The topological polar surface area (TPSA) is 83.9 Å². The van der Waals surface area contributed by atoms with E-state index in [0.29, 0.717) is 0 Å². The van der Waals surface area contributed by atoms with Gasteiger partial charge < -0.3 is 9.84 Å². The van der Waals surface area contributed by atoms with E-state index in [9.17, 15) is 14.4 Å².